The number of carboxylic acids is 1. The van der Waals surface area contributed by atoms with Gasteiger partial charge in [-0.3, -0.25) is 4.79 Å². The van der Waals surface area contributed by atoms with Crippen LogP contribution in [-0.4, -0.2) is 29.3 Å². The summed E-state index contributed by atoms with van der Waals surface area (Å²) in [6.07, 6.45) is -1.42. The van der Waals surface area contributed by atoms with Crippen molar-refractivity contribution in [2.24, 2.45) is 0 Å². The minimum Gasteiger partial charge on any atom is -0.496 e. The summed E-state index contributed by atoms with van der Waals surface area (Å²) in [6, 6.07) is 11.5. The Balaban J connectivity index is 2.15. The molecule has 0 amide bonds. The normalized spacial score (nSPS) is 19.3. The van der Waals surface area contributed by atoms with Gasteiger partial charge in [0.15, 0.2) is 0 Å². The van der Waals surface area contributed by atoms with Gasteiger partial charge in [-0.1, -0.05) is 40.3 Å². The predicted molar refractivity (Wildman–Crippen MR) is 107 cm³/mol. The van der Waals surface area contributed by atoms with Crippen molar-refractivity contribution in [3.63, 3.8) is 0 Å². The van der Waals surface area contributed by atoms with Crippen molar-refractivity contribution in [3.05, 3.63) is 57.6 Å². The maximum Gasteiger partial charge on any atom is 0.306 e. The third kappa shape index (κ3) is 3.75. The van der Waals surface area contributed by atoms with Crippen molar-refractivity contribution in [2.45, 2.75) is 25.6 Å². The summed E-state index contributed by atoms with van der Waals surface area (Å²) in [4.78, 5) is 11.6. The number of carbonyl (C=O) groups is 1. The molecule has 0 saturated heterocycles. The minimum atomic E-state index is -0.965. The van der Waals surface area contributed by atoms with Gasteiger partial charge < -0.3 is 19.9 Å². The first-order valence-electron chi connectivity index (χ1n) is 8.01. The molecule has 1 aliphatic heterocycles. The Morgan fingerprint density at radius 3 is 2.81 bits per heavy atom. The van der Waals surface area contributed by atoms with Crippen molar-refractivity contribution in [3.8, 4) is 5.75 Å². The zero-order valence-corrected chi connectivity index (χ0v) is 16.7. The van der Waals surface area contributed by atoms with Gasteiger partial charge in [0.05, 0.1) is 13.5 Å². The second-order valence-electron chi connectivity index (χ2n) is 6.00. The predicted octanol–water partition coefficient (Wildman–Crippen LogP) is 4.47. The Morgan fingerprint density at radius 2 is 2.12 bits per heavy atom. The van der Waals surface area contributed by atoms with Crippen LogP contribution in [0.1, 0.15) is 29.2 Å². The molecule has 7 heteroatoms. The van der Waals surface area contributed by atoms with Crippen molar-refractivity contribution in [1.82, 2.24) is 0 Å². The summed E-state index contributed by atoms with van der Waals surface area (Å²) >= 11 is 8.89. The molecule has 0 fully saturated rings. The van der Waals surface area contributed by atoms with Crippen LogP contribution in [0.15, 0.2) is 40.9 Å². The molecular formula is C19H18BrNO4S. The van der Waals surface area contributed by atoms with Crippen molar-refractivity contribution < 1.29 is 19.4 Å². The largest absolute Gasteiger partial charge is 0.496 e. The number of hydrogen-bond acceptors (Lipinski definition) is 4. The monoisotopic (exact) mass is 435 g/mol. The van der Waals surface area contributed by atoms with E-state index in [0.717, 1.165) is 32.6 Å². The number of thiocarbonyl (C=S) groups is 1. The van der Waals surface area contributed by atoms with E-state index in [0.29, 0.717) is 4.99 Å². The van der Waals surface area contributed by atoms with E-state index in [2.05, 4.69) is 21.2 Å². The van der Waals surface area contributed by atoms with E-state index >= 15 is 0 Å². The molecule has 2 atom stereocenters. The van der Waals surface area contributed by atoms with Gasteiger partial charge in [0.1, 0.15) is 22.9 Å². The second kappa shape index (κ2) is 7.73. The number of rotatable bonds is 4. The smallest absolute Gasteiger partial charge is 0.306 e. The fraction of sp³-hybridized carbons (Fsp3) is 0.263. The number of benzene rings is 2. The summed E-state index contributed by atoms with van der Waals surface area (Å²) in [5.41, 5.74) is 3.53. The fourth-order valence-corrected chi connectivity index (χ4v) is 3.68. The van der Waals surface area contributed by atoms with Crippen LogP contribution in [0.25, 0.3) is 0 Å². The number of hydrogen-bond donors (Lipinski definition) is 2. The first kappa shape index (κ1) is 18.8. The lowest BCUT2D eigenvalue weighted by Gasteiger charge is -2.24. The molecule has 0 spiro atoms. The van der Waals surface area contributed by atoms with Gasteiger partial charge in [0.25, 0.3) is 0 Å². The summed E-state index contributed by atoms with van der Waals surface area (Å²) < 4.78 is 12.6. The van der Waals surface area contributed by atoms with E-state index in [4.69, 9.17) is 21.7 Å². The SMILES string of the molecule is COc1cccc(C2OC(CC(=O)O)C(=S)Nc3ccc(Br)cc32)c1C. The molecular weight excluding hydrogens is 418 g/mol. The number of aliphatic carboxylic acids is 1. The van der Waals surface area contributed by atoms with Gasteiger partial charge >= 0.3 is 5.97 Å². The lowest BCUT2D eigenvalue weighted by Crippen LogP contribution is -2.30. The Hall–Kier alpha value is -1.96. The van der Waals surface area contributed by atoms with E-state index < -0.39 is 18.2 Å². The lowest BCUT2D eigenvalue weighted by atomic mass is 9.95. The topological polar surface area (TPSA) is 67.8 Å². The van der Waals surface area contributed by atoms with Crippen molar-refractivity contribution in [2.75, 3.05) is 12.4 Å². The van der Waals surface area contributed by atoms with Crippen molar-refractivity contribution in [1.29, 1.82) is 0 Å². The number of nitrogens with one attached hydrogen (secondary N) is 1. The number of carboxylic acid groups (broad SMARTS) is 1. The number of fused-ring (bicyclic) bond motifs is 1. The molecule has 0 aromatic heterocycles. The minimum absolute atomic E-state index is 0.208. The molecule has 2 N–H and O–H groups in total. The lowest BCUT2D eigenvalue weighted by molar-refractivity contribution is -0.139. The van der Waals surface area contributed by atoms with Gasteiger partial charge in [-0.25, -0.2) is 0 Å². The average molecular weight is 436 g/mol. The average Bonchev–Trinajstić information content (AvgIpc) is 2.72. The van der Waals surface area contributed by atoms with E-state index in [-0.39, 0.29) is 6.42 Å². The maximum atomic E-state index is 11.3. The van der Waals surface area contributed by atoms with Crippen LogP contribution in [0.2, 0.25) is 0 Å². The van der Waals surface area contributed by atoms with Crippen LogP contribution in [0, 0.1) is 6.92 Å². The zero-order valence-electron chi connectivity index (χ0n) is 14.3. The first-order chi connectivity index (χ1) is 12.4. The molecule has 2 aromatic carbocycles. The number of anilines is 1. The molecule has 0 bridgehead atoms. The van der Waals surface area contributed by atoms with Gasteiger partial charge in [-0.2, -0.15) is 0 Å². The van der Waals surface area contributed by atoms with E-state index in [1.807, 2.05) is 43.3 Å². The molecule has 136 valence electrons. The quantitative estimate of drug-likeness (QED) is 0.690. The van der Waals surface area contributed by atoms with Gasteiger partial charge in [-0.05, 0) is 42.3 Å². The van der Waals surface area contributed by atoms with Gasteiger partial charge in [-0.15, -0.1) is 0 Å². The standard InChI is InChI=1S/C19H18BrNO4S/c1-10-12(4-3-5-15(10)24-2)18-13-8-11(20)6-7-14(13)21-19(26)16(25-18)9-17(22)23/h3-8,16,18H,9H2,1-2H3,(H,21,26)(H,22,23). The van der Waals surface area contributed by atoms with E-state index in [9.17, 15) is 9.90 Å². The Labute approximate surface area is 165 Å². The van der Waals surface area contributed by atoms with Gasteiger partial charge in [0, 0.05) is 15.7 Å². The van der Waals surface area contributed by atoms with Crippen LogP contribution in [0.5, 0.6) is 5.75 Å². The van der Waals surface area contributed by atoms with Crippen LogP contribution in [0.3, 0.4) is 0 Å². The second-order valence-corrected chi connectivity index (χ2v) is 7.35. The highest BCUT2D eigenvalue weighted by molar-refractivity contribution is 9.10. The zero-order chi connectivity index (χ0) is 18.8. The molecule has 3 rings (SSSR count). The number of ether oxygens (including phenoxy) is 2. The fourth-order valence-electron chi connectivity index (χ4n) is 3.05. The summed E-state index contributed by atoms with van der Waals surface area (Å²) in [7, 11) is 1.62. The van der Waals surface area contributed by atoms with Crippen LogP contribution >= 0.6 is 28.1 Å². The van der Waals surface area contributed by atoms with Crippen LogP contribution in [0.4, 0.5) is 5.69 Å². The molecule has 26 heavy (non-hydrogen) atoms. The Morgan fingerprint density at radius 1 is 1.35 bits per heavy atom. The Kier molecular flexibility index (Phi) is 5.60. The molecule has 0 saturated carbocycles. The molecule has 5 nitrogen and oxygen atoms in total. The number of methoxy groups -OCH3 is 1. The van der Waals surface area contributed by atoms with E-state index in [1.165, 1.54) is 0 Å². The molecule has 1 heterocycles. The van der Waals surface area contributed by atoms with Crippen molar-refractivity contribution >= 4 is 44.8 Å². The van der Waals surface area contributed by atoms with Gasteiger partial charge in [0.2, 0.25) is 0 Å². The van der Waals surface area contributed by atoms with E-state index in [1.54, 1.807) is 7.11 Å². The third-order valence-corrected chi connectivity index (χ3v) is 5.19. The molecule has 2 aromatic rings. The summed E-state index contributed by atoms with van der Waals surface area (Å²) in [6.45, 7) is 1.96. The maximum absolute atomic E-state index is 11.3. The first-order valence-corrected chi connectivity index (χ1v) is 9.22. The van der Waals surface area contributed by atoms with Crippen LogP contribution in [-0.2, 0) is 9.53 Å². The molecule has 0 aliphatic carbocycles. The summed E-state index contributed by atoms with van der Waals surface area (Å²) in [5.74, 6) is -0.218. The third-order valence-electron chi connectivity index (χ3n) is 4.34. The highest BCUT2D eigenvalue weighted by atomic mass is 79.9. The van der Waals surface area contributed by atoms with Crippen LogP contribution < -0.4 is 10.1 Å². The highest BCUT2D eigenvalue weighted by Gasteiger charge is 2.32. The number of halogens is 1. The highest BCUT2D eigenvalue weighted by Crippen LogP contribution is 2.40. The molecule has 2 unspecified atom stereocenters. The summed E-state index contributed by atoms with van der Waals surface area (Å²) in [5, 5.41) is 12.4. The molecule has 0 radical (unpaired) electrons. The molecule has 1 aliphatic rings. The Bertz CT molecular complexity index is 871.